The van der Waals surface area contributed by atoms with Gasteiger partial charge in [-0.2, -0.15) is 0 Å². The molecule has 0 fully saturated rings. The molecule has 0 bridgehead atoms. The minimum absolute atomic E-state index is 0.359. The van der Waals surface area contributed by atoms with Gasteiger partial charge in [0.2, 0.25) is 0 Å². The van der Waals surface area contributed by atoms with Crippen molar-refractivity contribution >= 4 is 47.7 Å². The van der Waals surface area contributed by atoms with Crippen molar-refractivity contribution in [1.82, 2.24) is 0 Å². The number of ether oxygens (including phenoxy) is 1. The molecule has 0 spiro atoms. The summed E-state index contributed by atoms with van der Waals surface area (Å²) in [4.78, 5) is 12.0. The normalized spacial score (nSPS) is 12.0. The van der Waals surface area contributed by atoms with Gasteiger partial charge in [0.15, 0.2) is 0 Å². The highest BCUT2D eigenvalue weighted by Gasteiger charge is 2.16. The van der Waals surface area contributed by atoms with E-state index in [2.05, 4.69) is 51.0 Å². The van der Waals surface area contributed by atoms with E-state index in [0.717, 1.165) is 39.8 Å². The summed E-state index contributed by atoms with van der Waals surface area (Å²) in [7, 11) is 0. The first-order chi connectivity index (χ1) is 17.1. The molecule has 0 heterocycles. The Morgan fingerprint density at radius 3 is 2.06 bits per heavy atom. The van der Waals surface area contributed by atoms with Crippen LogP contribution in [0.1, 0.15) is 61.9 Å². The van der Waals surface area contributed by atoms with Gasteiger partial charge in [-0.15, -0.1) is 0 Å². The molecular formula is C30H32ClFO3S. The summed E-state index contributed by atoms with van der Waals surface area (Å²) >= 11 is 8.99. The molecule has 0 aliphatic rings. The minimum atomic E-state index is -0.531. The Kier molecular flexibility index (Phi) is 11.0. The summed E-state index contributed by atoms with van der Waals surface area (Å²) in [5.41, 5.74) is 6.48. The van der Waals surface area contributed by atoms with Gasteiger partial charge in [-0.3, -0.25) is 0 Å². The molecule has 0 radical (unpaired) electrons. The van der Waals surface area contributed by atoms with E-state index >= 15 is 0 Å². The monoisotopic (exact) mass is 526 g/mol. The van der Waals surface area contributed by atoms with Gasteiger partial charge in [0.25, 0.3) is 0 Å². The van der Waals surface area contributed by atoms with Crippen LogP contribution in [0.4, 0.5) is 4.39 Å². The average molecular weight is 527 g/mol. The van der Waals surface area contributed by atoms with Gasteiger partial charge < -0.3 is 9.29 Å². The summed E-state index contributed by atoms with van der Waals surface area (Å²) in [6, 6.07) is 20.8. The zero-order valence-corrected chi connectivity index (χ0v) is 22.8. The van der Waals surface area contributed by atoms with Gasteiger partial charge in [-0.05, 0) is 98.6 Å². The Morgan fingerprint density at radius 2 is 1.56 bits per heavy atom. The SMILES string of the molecule is CC/C(=C(\c1ccc(C)cc1)c1ccc(/C=C/C(=O)OC(C)(C)C)cc1)c1ccc(F)cc1Cl.OS. The molecule has 36 heavy (non-hydrogen) atoms. The fraction of sp³-hybridized carbons (Fsp3) is 0.233. The van der Waals surface area contributed by atoms with E-state index in [-0.39, 0.29) is 11.8 Å². The summed E-state index contributed by atoms with van der Waals surface area (Å²) in [6.07, 6.45) is 3.90. The lowest BCUT2D eigenvalue weighted by Gasteiger charge is -2.18. The summed E-state index contributed by atoms with van der Waals surface area (Å²) in [6.45, 7) is 9.64. The highest BCUT2D eigenvalue weighted by Crippen LogP contribution is 2.37. The second-order valence-electron chi connectivity index (χ2n) is 9.19. The van der Waals surface area contributed by atoms with Crippen molar-refractivity contribution in [3.05, 3.63) is 111 Å². The van der Waals surface area contributed by atoms with Crippen molar-refractivity contribution in [3.8, 4) is 0 Å². The number of hydrogen-bond acceptors (Lipinski definition) is 4. The van der Waals surface area contributed by atoms with E-state index < -0.39 is 5.60 Å². The average Bonchev–Trinajstić information content (AvgIpc) is 2.83. The van der Waals surface area contributed by atoms with E-state index in [1.54, 1.807) is 12.1 Å². The van der Waals surface area contributed by atoms with Crippen molar-refractivity contribution in [2.45, 2.75) is 46.6 Å². The third-order valence-electron chi connectivity index (χ3n) is 5.27. The first-order valence-electron chi connectivity index (χ1n) is 11.5. The fourth-order valence-corrected chi connectivity index (χ4v) is 4.01. The van der Waals surface area contributed by atoms with Crippen molar-refractivity contribution in [1.29, 1.82) is 0 Å². The Bertz CT molecular complexity index is 1220. The predicted molar refractivity (Wildman–Crippen MR) is 152 cm³/mol. The van der Waals surface area contributed by atoms with Crippen LogP contribution in [0.5, 0.6) is 0 Å². The molecule has 3 rings (SSSR count). The van der Waals surface area contributed by atoms with Crippen LogP contribution in [0, 0.1) is 12.7 Å². The molecule has 6 heteroatoms. The molecule has 0 unspecified atom stereocenters. The molecule has 0 atom stereocenters. The molecular weight excluding hydrogens is 495 g/mol. The number of esters is 1. The summed E-state index contributed by atoms with van der Waals surface area (Å²) < 4.78 is 25.8. The summed E-state index contributed by atoms with van der Waals surface area (Å²) in [5, 5.41) is 0.387. The molecule has 3 aromatic rings. The highest BCUT2D eigenvalue weighted by molar-refractivity contribution is 7.74. The van der Waals surface area contributed by atoms with Crippen LogP contribution in [0.2, 0.25) is 5.02 Å². The van der Waals surface area contributed by atoms with Gasteiger partial charge >= 0.3 is 5.97 Å². The van der Waals surface area contributed by atoms with Gasteiger partial charge in [-0.1, -0.05) is 78.7 Å². The Morgan fingerprint density at radius 1 is 1.00 bits per heavy atom. The van der Waals surface area contributed by atoms with Crippen LogP contribution in [-0.4, -0.2) is 16.1 Å². The standard InChI is InChI=1S/C30H30ClFO2.H2OS/c1-6-25(26-17-16-24(32)19-27(26)31)29(22-12-7-20(2)8-13-22)23-14-9-21(10-15-23)11-18-28(33)34-30(3,4)5;1-2/h7-19H,6H2,1-5H3;1-2H/b18-11+,29-25-;. The van der Waals surface area contributed by atoms with Gasteiger partial charge in [0.05, 0.1) is 5.02 Å². The minimum Gasteiger partial charge on any atom is -0.457 e. The number of benzene rings is 3. The lowest BCUT2D eigenvalue weighted by atomic mass is 9.87. The molecule has 3 nitrogen and oxygen atoms in total. The third-order valence-corrected chi connectivity index (χ3v) is 5.58. The van der Waals surface area contributed by atoms with Crippen molar-refractivity contribution in [3.63, 3.8) is 0 Å². The number of halogens is 2. The molecule has 0 aromatic heterocycles. The van der Waals surface area contributed by atoms with Gasteiger partial charge in [0.1, 0.15) is 11.4 Å². The van der Waals surface area contributed by atoms with E-state index in [9.17, 15) is 9.18 Å². The van der Waals surface area contributed by atoms with Gasteiger partial charge in [-0.25, -0.2) is 9.18 Å². The Labute approximate surface area is 223 Å². The van der Waals surface area contributed by atoms with Crippen LogP contribution in [0.15, 0.2) is 72.8 Å². The third kappa shape index (κ3) is 8.37. The molecule has 0 saturated carbocycles. The maximum atomic E-state index is 13.7. The second kappa shape index (κ2) is 13.4. The van der Waals surface area contributed by atoms with E-state index in [0.29, 0.717) is 5.02 Å². The molecule has 0 amide bonds. The first kappa shape index (κ1) is 29.4. The van der Waals surface area contributed by atoms with Crippen LogP contribution < -0.4 is 0 Å². The number of carbonyl (C=O) groups excluding carboxylic acids is 1. The van der Waals surface area contributed by atoms with Crippen molar-refractivity contribution in [2.24, 2.45) is 0 Å². The van der Waals surface area contributed by atoms with Crippen LogP contribution in [0.25, 0.3) is 17.2 Å². The quantitative estimate of drug-likeness (QED) is 0.111. The molecule has 0 aliphatic carbocycles. The van der Waals surface area contributed by atoms with Crippen molar-refractivity contribution < 1.29 is 18.5 Å². The Balaban J connectivity index is 0.00000222. The number of rotatable bonds is 6. The zero-order chi connectivity index (χ0) is 26.9. The smallest absolute Gasteiger partial charge is 0.331 e. The maximum absolute atomic E-state index is 13.7. The molecule has 1 N–H and O–H groups in total. The van der Waals surface area contributed by atoms with Crippen LogP contribution in [-0.2, 0) is 9.53 Å². The van der Waals surface area contributed by atoms with Crippen molar-refractivity contribution in [2.75, 3.05) is 0 Å². The molecule has 0 saturated heterocycles. The second-order valence-corrected chi connectivity index (χ2v) is 9.59. The van der Waals surface area contributed by atoms with E-state index in [1.165, 1.54) is 23.8 Å². The highest BCUT2D eigenvalue weighted by atomic mass is 35.5. The van der Waals surface area contributed by atoms with Gasteiger partial charge in [0, 0.05) is 6.08 Å². The lowest BCUT2D eigenvalue weighted by Crippen LogP contribution is -2.22. The molecule has 190 valence electrons. The first-order valence-corrected chi connectivity index (χ1v) is 12.3. The zero-order valence-electron chi connectivity index (χ0n) is 21.2. The largest absolute Gasteiger partial charge is 0.457 e. The Hall–Kier alpha value is -2.86. The van der Waals surface area contributed by atoms with Crippen LogP contribution in [0.3, 0.4) is 0 Å². The fourth-order valence-electron chi connectivity index (χ4n) is 3.73. The maximum Gasteiger partial charge on any atom is 0.331 e. The van der Waals surface area contributed by atoms with E-state index in [1.807, 2.05) is 45.0 Å². The van der Waals surface area contributed by atoms with E-state index in [4.69, 9.17) is 20.9 Å². The van der Waals surface area contributed by atoms with Crippen LogP contribution >= 0.6 is 24.5 Å². The topological polar surface area (TPSA) is 46.5 Å². The number of thiol groups is 1. The molecule has 3 aromatic carbocycles. The summed E-state index contributed by atoms with van der Waals surface area (Å²) in [5.74, 6) is -0.738. The number of hydrogen-bond donors (Lipinski definition) is 2. The number of aryl methyl sites for hydroxylation is 1. The number of carbonyl (C=O) groups is 1. The predicted octanol–water partition coefficient (Wildman–Crippen LogP) is 8.90. The number of allylic oxidation sites excluding steroid dienone is 1. The molecule has 0 aliphatic heterocycles. The lowest BCUT2D eigenvalue weighted by molar-refractivity contribution is -0.148.